The van der Waals surface area contributed by atoms with Gasteiger partial charge in [0, 0.05) is 23.1 Å². The second-order valence-corrected chi connectivity index (χ2v) is 4.39. The molecule has 0 N–H and O–H groups in total. The molecule has 2 heteroatoms. The highest BCUT2D eigenvalue weighted by Crippen LogP contribution is 2.28. The van der Waals surface area contributed by atoms with E-state index in [1.54, 1.807) is 7.11 Å². The molecule has 1 aromatic heterocycles. The summed E-state index contributed by atoms with van der Waals surface area (Å²) in [7, 11) is 1.71. The SMILES string of the molecule is CCc1cn(C(C)C)c2ccc(OC)cc12. The molecule has 1 aromatic carbocycles. The lowest BCUT2D eigenvalue weighted by atomic mass is 10.1. The molecule has 0 aliphatic heterocycles. The number of rotatable bonds is 3. The number of ether oxygens (including phenoxy) is 1. The molecule has 0 spiro atoms. The number of hydrogen-bond donors (Lipinski definition) is 0. The standard InChI is InChI=1S/C14H19NO/c1-5-11-9-15(10(2)3)14-7-6-12(16-4)8-13(11)14/h6-10H,5H2,1-4H3. The van der Waals surface area contributed by atoms with Gasteiger partial charge in [0.05, 0.1) is 7.11 Å². The highest BCUT2D eigenvalue weighted by molar-refractivity contribution is 5.85. The fraction of sp³-hybridized carbons (Fsp3) is 0.429. The van der Waals surface area contributed by atoms with Crippen LogP contribution in [0.4, 0.5) is 0 Å². The minimum absolute atomic E-state index is 0.496. The van der Waals surface area contributed by atoms with Crippen LogP contribution in [0.2, 0.25) is 0 Å². The Labute approximate surface area is 96.8 Å². The summed E-state index contributed by atoms with van der Waals surface area (Å²) in [6, 6.07) is 6.80. The van der Waals surface area contributed by atoms with E-state index >= 15 is 0 Å². The molecule has 0 saturated carbocycles. The van der Waals surface area contributed by atoms with Gasteiger partial charge in [0.25, 0.3) is 0 Å². The molecule has 0 radical (unpaired) electrons. The van der Waals surface area contributed by atoms with Gasteiger partial charge in [-0.15, -0.1) is 0 Å². The van der Waals surface area contributed by atoms with E-state index in [1.165, 1.54) is 16.5 Å². The fourth-order valence-electron chi connectivity index (χ4n) is 2.14. The summed E-state index contributed by atoms with van der Waals surface area (Å²) in [6.07, 6.45) is 3.32. The van der Waals surface area contributed by atoms with E-state index in [9.17, 15) is 0 Å². The Hall–Kier alpha value is -1.44. The highest BCUT2D eigenvalue weighted by atomic mass is 16.5. The molecular formula is C14H19NO. The Morgan fingerprint density at radius 3 is 2.62 bits per heavy atom. The van der Waals surface area contributed by atoms with Crippen LogP contribution in [0.25, 0.3) is 10.9 Å². The second-order valence-electron chi connectivity index (χ2n) is 4.39. The van der Waals surface area contributed by atoms with E-state index in [-0.39, 0.29) is 0 Å². The third-order valence-electron chi connectivity index (χ3n) is 3.06. The molecule has 0 fully saturated rings. The van der Waals surface area contributed by atoms with Crippen LogP contribution in [0.1, 0.15) is 32.4 Å². The van der Waals surface area contributed by atoms with E-state index in [2.05, 4.69) is 43.7 Å². The first-order valence-electron chi connectivity index (χ1n) is 5.84. The van der Waals surface area contributed by atoms with Crippen molar-refractivity contribution in [2.24, 2.45) is 0 Å². The van der Waals surface area contributed by atoms with Crippen molar-refractivity contribution in [2.75, 3.05) is 7.11 Å². The van der Waals surface area contributed by atoms with Gasteiger partial charge in [-0.25, -0.2) is 0 Å². The number of aromatic nitrogens is 1. The van der Waals surface area contributed by atoms with Crippen LogP contribution in [0.15, 0.2) is 24.4 Å². The Kier molecular flexibility index (Phi) is 2.90. The molecule has 0 amide bonds. The molecule has 16 heavy (non-hydrogen) atoms. The maximum absolute atomic E-state index is 5.28. The second kappa shape index (κ2) is 4.20. The van der Waals surface area contributed by atoms with Crippen molar-refractivity contribution in [3.63, 3.8) is 0 Å². The molecule has 0 bridgehead atoms. The maximum atomic E-state index is 5.28. The summed E-state index contributed by atoms with van der Waals surface area (Å²) in [5.74, 6) is 0.934. The first kappa shape index (κ1) is 11.1. The van der Waals surface area contributed by atoms with Gasteiger partial charge >= 0.3 is 0 Å². The van der Waals surface area contributed by atoms with Gasteiger partial charge in [-0.05, 0) is 44.0 Å². The fourth-order valence-corrected chi connectivity index (χ4v) is 2.14. The van der Waals surface area contributed by atoms with Crippen LogP contribution >= 0.6 is 0 Å². The molecule has 0 saturated heterocycles. The van der Waals surface area contributed by atoms with Gasteiger partial charge in [-0.1, -0.05) is 6.92 Å². The number of fused-ring (bicyclic) bond motifs is 1. The lowest BCUT2D eigenvalue weighted by Gasteiger charge is -2.09. The van der Waals surface area contributed by atoms with Crippen LogP contribution in [0, 0.1) is 0 Å². The predicted octanol–water partition coefficient (Wildman–Crippen LogP) is 3.79. The average molecular weight is 217 g/mol. The van der Waals surface area contributed by atoms with Crippen LogP contribution in [0.5, 0.6) is 5.75 Å². The lowest BCUT2D eigenvalue weighted by molar-refractivity contribution is 0.415. The molecule has 0 aliphatic rings. The molecule has 0 atom stereocenters. The van der Waals surface area contributed by atoms with Crippen molar-refractivity contribution < 1.29 is 4.74 Å². The molecule has 2 aromatic rings. The molecule has 0 unspecified atom stereocenters. The highest BCUT2D eigenvalue weighted by Gasteiger charge is 2.09. The number of hydrogen-bond acceptors (Lipinski definition) is 1. The average Bonchev–Trinajstić information content (AvgIpc) is 2.66. The van der Waals surface area contributed by atoms with Crippen LogP contribution in [-0.2, 0) is 6.42 Å². The van der Waals surface area contributed by atoms with Crippen molar-refractivity contribution in [1.82, 2.24) is 4.57 Å². The Morgan fingerprint density at radius 1 is 1.31 bits per heavy atom. The smallest absolute Gasteiger partial charge is 0.119 e. The zero-order chi connectivity index (χ0) is 11.7. The number of benzene rings is 1. The number of nitrogens with zero attached hydrogens (tertiary/aromatic N) is 1. The van der Waals surface area contributed by atoms with Gasteiger partial charge in [0.2, 0.25) is 0 Å². The molecule has 1 heterocycles. The Morgan fingerprint density at radius 2 is 2.06 bits per heavy atom. The number of aryl methyl sites for hydroxylation is 1. The van der Waals surface area contributed by atoms with Gasteiger partial charge in [-0.2, -0.15) is 0 Å². The summed E-state index contributed by atoms with van der Waals surface area (Å²) in [5.41, 5.74) is 2.69. The van der Waals surface area contributed by atoms with Crippen LogP contribution in [-0.4, -0.2) is 11.7 Å². The summed E-state index contributed by atoms with van der Waals surface area (Å²) in [5, 5.41) is 1.32. The first-order chi connectivity index (χ1) is 7.67. The Bertz CT molecular complexity index is 497. The zero-order valence-electron chi connectivity index (χ0n) is 10.4. The summed E-state index contributed by atoms with van der Waals surface area (Å²) in [6.45, 7) is 6.62. The van der Waals surface area contributed by atoms with Gasteiger partial charge in [0.15, 0.2) is 0 Å². The molecule has 2 rings (SSSR count). The van der Waals surface area contributed by atoms with Crippen LogP contribution in [0.3, 0.4) is 0 Å². The van der Waals surface area contributed by atoms with E-state index in [0.717, 1.165) is 12.2 Å². The summed E-state index contributed by atoms with van der Waals surface area (Å²) in [4.78, 5) is 0. The van der Waals surface area contributed by atoms with Gasteiger partial charge in [-0.3, -0.25) is 0 Å². The maximum Gasteiger partial charge on any atom is 0.119 e. The van der Waals surface area contributed by atoms with E-state index in [0.29, 0.717) is 6.04 Å². The van der Waals surface area contributed by atoms with E-state index in [1.807, 2.05) is 6.07 Å². The van der Waals surface area contributed by atoms with E-state index in [4.69, 9.17) is 4.74 Å². The largest absolute Gasteiger partial charge is 0.497 e. The van der Waals surface area contributed by atoms with Gasteiger partial charge < -0.3 is 9.30 Å². The van der Waals surface area contributed by atoms with Crippen molar-refractivity contribution in [2.45, 2.75) is 33.2 Å². The predicted molar refractivity (Wildman–Crippen MR) is 68.3 cm³/mol. The lowest BCUT2D eigenvalue weighted by Crippen LogP contribution is -1.97. The molecule has 0 aliphatic carbocycles. The zero-order valence-corrected chi connectivity index (χ0v) is 10.4. The quantitative estimate of drug-likeness (QED) is 0.763. The van der Waals surface area contributed by atoms with Crippen LogP contribution < -0.4 is 4.74 Å². The topological polar surface area (TPSA) is 14.2 Å². The molecule has 2 nitrogen and oxygen atoms in total. The normalized spacial score (nSPS) is 11.3. The van der Waals surface area contributed by atoms with Crippen molar-refractivity contribution in [1.29, 1.82) is 0 Å². The first-order valence-corrected chi connectivity index (χ1v) is 5.84. The monoisotopic (exact) mass is 217 g/mol. The number of methoxy groups -OCH3 is 1. The minimum Gasteiger partial charge on any atom is -0.497 e. The van der Waals surface area contributed by atoms with Crippen molar-refractivity contribution in [3.05, 3.63) is 30.0 Å². The minimum atomic E-state index is 0.496. The van der Waals surface area contributed by atoms with E-state index < -0.39 is 0 Å². The van der Waals surface area contributed by atoms with Crippen molar-refractivity contribution >= 4 is 10.9 Å². The third kappa shape index (κ3) is 1.69. The van der Waals surface area contributed by atoms with Crippen molar-refractivity contribution in [3.8, 4) is 5.75 Å². The third-order valence-corrected chi connectivity index (χ3v) is 3.06. The summed E-state index contributed by atoms with van der Waals surface area (Å²) < 4.78 is 7.61. The van der Waals surface area contributed by atoms with Gasteiger partial charge in [0.1, 0.15) is 5.75 Å². The molecular weight excluding hydrogens is 198 g/mol. The Balaban J connectivity index is 2.69. The molecule has 86 valence electrons. The summed E-state index contributed by atoms with van der Waals surface area (Å²) >= 11 is 0.